The summed E-state index contributed by atoms with van der Waals surface area (Å²) in [5, 5.41) is 0.995. The fourth-order valence-corrected chi connectivity index (χ4v) is 4.18. The molecule has 1 atom stereocenters. The van der Waals surface area contributed by atoms with Gasteiger partial charge in [-0.1, -0.05) is 66.7 Å². The molecule has 176 valence electrons. The zero-order valence-electron chi connectivity index (χ0n) is 18.7. The Kier molecular flexibility index (Phi) is 7.03. The first-order valence-electron chi connectivity index (χ1n) is 10.9. The molecule has 1 aromatic heterocycles. The third-order valence-electron chi connectivity index (χ3n) is 5.87. The number of ether oxygens (including phenoxy) is 1. The van der Waals surface area contributed by atoms with Crippen molar-refractivity contribution in [3.63, 3.8) is 0 Å². The van der Waals surface area contributed by atoms with Crippen LogP contribution in [0.5, 0.6) is 0 Å². The average molecular weight is 467 g/mol. The highest BCUT2D eigenvalue weighted by Gasteiger charge is 2.32. The number of halogens is 3. The lowest BCUT2D eigenvalue weighted by atomic mass is 10.0. The molecule has 0 bridgehead atoms. The quantitative estimate of drug-likeness (QED) is 0.325. The van der Waals surface area contributed by atoms with E-state index in [2.05, 4.69) is 4.98 Å². The standard InChI is InChI=1S/C27H25F3N2O2/c1-34-26(33)25(15-21-16-31-24-13-6-5-12-23(21)24)32(17-19-8-3-2-4-9-19)18-20-10-7-11-22(14-20)27(28,29)30/h2-14,16,25,31H,15,17-18H2,1H3. The van der Waals surface area contributed by atoms with E-state index in [4.69, 9.17) is 4.74 Å². The molecule has 7 heteroatoms. The zero-order chi connectivity index (χ0) is 24.1. The van der Waals surface area contributed by atoms with Gasteiger partial charge < -0.3 is 9.72 Å². The summed E-state index contributed by atoms with van der Waals surface area (Å²) >= 11 is 0. The van der Waals surface area contributed by atoms with Crippen LogP contribution in [0.4, 0.5) is 13.2 Å². The highest BCUT2D eigenvalue weighted by atomic mass is 19.4. The van der Waals surface area contributed by atoms with Gasteiger partial charge in [0.1, 0.15) is 6.04 Å². The number of nitrogens with zero attached hydrogens (tertiary/aromatic N) is 1. The number of fused-ring (bicyclic) bond motifs is 1. The van der Waals surface area contributed by atoms with Crippen LogP contribution in [-0.4, -0.2) is 29.0 Å². The topological polar surface area (TPSA) is 45.3 Å². The normalized spacial score (nSPS) is 12.7. The Bertz CT molecular complexity index is 1250. The minimum absolute atomic E-state index is 0.154. The molecule has 0 aliphatic heterocycles. The minimum Gasteiger partial charge on any atom is -0.468 e. The van der Waals surface area contributed by atoms with Crippen molar-refractivity contribution in [1.29, 1.82) is 0 Å². The fraction of sp³-hybridized carbons (Fsp3) is 0.222. The summed E-state index contributed by atoms with van der Waals surface area (Å²) in [6.07, 6.45) is -2.22. The maximum atomic E-state index is 13.3. The van der Waals surface area contributed by atoms with E-state index in [0.29, 0.717) is 18.5 Å². The Morgan fingerprint density at radius 1 is 0.941 bits per heavy atom. The molecule has 0 saturated heterocycles. The monoisotopic (exact) mass is 466 g/mol. The maximum Gasteiger partial charge on any atom is 0.416 e. The van der Waals surface area contributed by atoms with Crippen molar-refractivity contribution in [3.05, 3.63) is 107 Å². The molecule has 4 rings (SSSR count). The van der Waals surface area contributed by atoms with Gasteiger partial charge in [-0.15, -0.1) is 0 Å². The number of aromatic amines is 1. The van der Waals surface area contributed by atoms with E-state index < -0.39 is 23.8 Å². The molecule has 4 aromatic rings. The maximum absolute atomic E-state index is 13.3. The van der Waals surface area contributed by atoms with E-state index in [9.17, 15) is 18.0 Å². The molecular formula is C27H25F3N2O2. The highest BCUT2D eigenvalue weighted by Crippen LogP contribution is 2.30. The SMILES string of the molecule is COC(=O)C(Cc1c[nH]c2ccccc12)N(Cc1ccccc1)Cc1cccc(C(F)(F)F)c1. The molecule has 1 N–H and O–H groups in total. The van der Waals surface area contributed by atoms with Crippen molar-refractivity contribution in [1.82, 2.24) is 9.88 Å². The van der Waals surface area contributed by atoms with Crippen molar-refractivity contribution in [3.8, 4) is 0 Å². The third kappa shape index (κ3) is 5.48. The van der Waals surface area contributed by atoms with Crippen molar-refractivity contribution in [2.45, 2.75) is 31.7 Å². The first-order chi connectivity index (χ1) is 16.3. The van der Waals surface area contributed by atoms with Gasteiger partial charge in [-0.25, -0.2) is 0 Å². The van der Waals surface area contributed by atoms with E-state index in [-0.39, 0.29) is 6.54 Å². The molecule has 0 saturated carbocycles. The van der Waals surface area contributed by atoms with Gasteiger partial charge in [-0.3, -0.25) is 9.69 Å². The van der Waals surface area contributed by atoms with Gasteiger partial charge in [-0.2, -0.15) is 13.2 Å². The molecule has 0 amide bonds. The van der Waals surface area contributed by atoms with Gasteiger partial charge in [0, 0.05) is 36.6 Å². The molecule has 4 nitrogen and oxygen atoms in total. The van der Waals surface area contributed by atoms with Crippen molar-refractivity contribution < 1.29 is 22.7 Å². The number of carbonyl (C=O) groups excluding carboxylic acids is 1. The number of aromatic nitrogens is 1. The van der Waals surface area contributed by atoms with Crippen LogP contribution in [0.3, 0.4) is 0 Å². The predicted octanol–water partition coefficient (Wildman–Crippen LogP) is 5.97. The number of rotatable bonds is 8. The molecule has 0 spiro atoms. The summed E-state index contributed by atoms with van der Waals surface area (Å²) in [6, 6.07) is 21.9. The van der Waals surface area contributed by atoms with Crippen LogP contribution in [-0.2, 0) is 35.2 Å². The second kappa shape index (κ2) is 10.1. The Morgan fingerprint density at radius 2 is 1.62 bits per heavy atom. The lowest BCUT2D eigenvalue weighted by molar-refractivity contribution is -0.147. The summed E-state index contributed by atoms with van der Waals surface area (Å²) in [4.78, 5) is 18.1. The zero-order valence-corrected chi connectivity index (χ0v) is 18.7. The van der Waals surface area contributed by atoms with E-state index in [0.717, 1.165) is 34.2 Å². The Morgan fingerprint density at radius 3 is 2.35 bits per heavy atom. The molecule has 0 aliphatic carbocycles. The van der Waals surface area contributed by atoms with Gasteiger partial charge in [0.05, 0.1) is 12.7 Å². The summed E-state index contributed by atoms with van der Waals surface area (Å²) < 4.78 is 45.0. The molecule has 0 radical (unpaired) electrons. The molecule has 1 unspecified atom stereocenters. The van der Waals surface area contributed by atoms with Gasteiger partial charge in [-0.05, 0) is 28.8 Å². The summed E-state index contributed by atoms with van der Waals surface area (Å²) in [5.74, 6) is -0.437. The first-order valence-corrected chi connectivity index (χ1v) is 10.9. The van der Waals surface area contributed by atoms with Gasteiger partial charge >= 0.3 is 12.1 Å². The Labute approximate surface area is 196 Å². The number of hydrogen-bond acceptors (Lipinski definition) is 3. The summed E-state index contributed by atoms with van der Waals surface area (Å²) in [7, 11) is 1.33. The molecule has 0 fully saturated rings. The van der Waals surface area contributed by atoms with Crippen molar-refractivity contribution in [2.24, 2.45) is 0 Å². The van der Waals surface area contributed by atoms with Crippen LogP contribution in [0.25, 0.3) is 10.9 Å². The van der Waals surface area contributed by atoms with Gasteiger partial charge in [0.15, 0.2) is 0 Å². The van der Waals surface area contributed by atoms with Gasteiger partial charge in [0.25, 0.3) is 0 Å². The summed E-state index contributed by atoms with van der Waals surface area (Å²) in [5.41, 5.74) is 2.60. The van der Waals surface area contributed by atoms with E-state index in [1.165, 1.54) is 13.2 Å². The second-order valence-corrected chi connectivity index (χ2v) is 8.19. The lowest BCUT2D eigenvalue weighted by Crippen LogP contribution is -2.42. The fourth-order valence-electron chi connectivity index (χ4n) is 4.18. The van der Waals surface area contributed by atoms with Crippen LogP contribution in [0.2, 0.25) is 0 Å². The highest BCUT2D eigenvalue weighted by molar-refractivity contribution is 5.84. The van der Waals surface area contributed by atoms with Crippen LogP contribution in [0.1, 0.15) is 22.3 Å². The number of methoxy groups -OCH3 is 1. The Balaban J connectivity index is 1.70. The predicted molar refractivity (Wildman–Crippen MR) is 125 cm³/mol. The summed E-state index contributed by atoms with van der Waals surface area (Å²) in [6.45, 7) is 0.528. The first kappa shape index (κ1) is 23.6. The number of benzene rings is 3. The molecule has 3 aromatic carbocycles. The van der Waals surface area contributed by atoms with Gasteiger partial charge in [0.2, 0.25) is 0 Å². The van der Waals surface area contributed by atoms with E-state index in [1.54, 1.807) is 6.07 Å². The van der Waals surface area contributed by atoms with Crippen molar-refractivity contribution >= 4 is 16.9 Å². The Hall–Kier alpha value is -3.58. The van der Waals surface area contributed by atoms with Crippen molar-refractivity contribution in [2.75, 3.05) is 7.11 Å². The number of nitrogens with one attached hydrogen (secondary N) is 1. The number of carbonyl (C=O) groups is 1. The lowest BCUT2D eigenvalue weighted by Gasteiger charge is -2.30. The average Bonchev–Trinajstić information content (AvgIpc) is 3.25. The third-order valence-corrected chi connectivity index (χ3v) is 5.87. The molecule has 1 heterocycles. The molecule has 34 heavy (non-hydrogen) atoms. The van der Waals surface area contributed by atoms with Crippen LogP contribution in [0, 0.1) is 0 Å². The minimum atomic E-state index is -4.44. The van der Waals surface area contributed by atoms with Crippen LogP contribution >= 0.6 is 0 Å². The second-order valence-electron chi connectivity index (χ2n) is 8.19. The number of alkyl halides is 3. The van der Waals surface area contributed by atoms with E-state index in [1.807, 2.05) is 65.7 Å². The number of H-pyrrole nitrogens is 1. The molecule has 0 aliphatic rings. The number of para-hydroxylation sites is 1. The largest absolute Gasteiger partial charge is 0.468 e. The number of esters is 1. The van der Waals surface area contributed by atoms with E-state index >= 15 is 0 Å². The molecular weight excluding hydrogens is 441 g/mol. The van der Waals surface area contributed by atoms with Crippen LogP contribution < -0.4 is 0 Å². The smallest absolute Gasteiger partial charge is 0.416 e. The van der Waals surface area contributed by atoms with Crippen LogP contribution in [0.15, 0.2) is 85.1 Å². The number of hydrogen-bond donors (Lipinski definition) is 1.